The number of ether oxygens (including phenoxy) is 1. The Balaban J connectivity index is 1.62. The van der Waals surface area contributed by atoms with E-state index in [2.05, 4.69) is 5.32 Å². The Morgan fingerprint density at radius 1 is 1.12 bits per heavy atom. The number of hydrogen-bond donors (Lipinski definition) is 1. The summed E-state index contributed by atoms with van der Waals surface area (Å²) >= 11 is 13.4. The molecule has 2 aromatic rings. The van der Waals surface area contributed by atoms with Gasteiger partial charge >= 0.3 is 0 Å². The Kier molecular flexibility index (Phi) is 7.69. The summed E-state index contributed by atoms with van der Waals surface area (Å²) < 4.78 is 18.3. The third kappa shape index (κ3) is 6.23. The minimum atomic E-state index is -0.292. The molecule has 0 fully saturated rings. The average Bonchev–Trinajstić information content (AvgIpc) is 2.56. The van der Waals surface area contributed by atoms with Crippen molar-refractivity contribution in [1.82, 2.24) is 5.32 Å². The maximum atomic E-state index is 12.8. The summed E-state index contributed by atoms with van der Waals surface area (Å²) in [6.45, 7) is 0.783. The van der Waals surface area contributed by atoms with Crippen molar-refractivity contribution in [3.8, 4) is 5.75 Å². The van der Waals surface area contributed by atoms with Crippen LogP contribution >= 0.6 is 35.0 Å². The van der Waals surface area contributed by atoms with Crippen molar-refractivity contribution in [2.24, 2.45) is 0 Å². The van der Waals surface area contributed by atoms with Gasteiger partial charge in [0.25, 0.3) is 0 Å². The molecule has 0 saturated heterocycles. The van der Waals surface area contributed by atoms with Gasteiger partial charge in [0.15, 0.2) is 5.75 Å². The van der Waals surface area contributed by atoms with Gasteiger partial charge in [-0.3, -0.25) is 4.79 Å². The first-order valence-electron chi connectivity index (χ1n) is 7.22. The summed E-state index contributed by atoms with van der Waals surface area (Å²) in [6, 6.07) is 11.2. The average molecular weight is 388 g/mol. The van der Waals surface area contributed by atoms with Crippen LogP contribution in [0.25, 0.3) is 0 Å². The molecule has 1 amide bonds. The van der Waals surface area contributed by atoms with Crippen LogP contribution in [0.2, 0.25) is 10.0 Å². The van der Waals surface area contributed by atoms with Gasteiger partial charge in [-0.2, -0.15) is 0 Å². The van der Waals surface area contributed by atoms with Crippen LogP contribution in [0.1, 0.15) is 5.56 Å². The van der Waals surface area contributed by atoms with E-state index in [1.165, 1.54) is 23.9 Å². The molecule has 128 valence electrons. The van der Waals surface area contributed by atoms with Crippen LogP contribution in [0.15, 0.2) is 42.5 Å². The molecule has 2 aromatic carbocycles. The first-order chi connectivity index (χ1) is 11.6. The van der Waals surface area contributed by atoms with Crippen molar-refractivity contribution in [1.29, 1.82) is 0 Å². The van der Waals surface area contributed by atoms with Crippen LogP contribution in [0.5, 0.6) is 5.75 Å². The Morgan fingerprint density at radius 2 is 1.79 bits per heavy atom. The number of halogens is 3. The first-order valence-corrected chi connectivity index (χ1v) is 9.13. The molecule has 0 saturated carbocycles. The number of para-hydroxylation sites is 1. The molecule has 0 aliphatic rings. The largest absolute Gasteiger partial charge is 0.490 e. The van der Waals surface area contributed by atoms with Gasteiger partial charge in [-0.05, 0) is 29.8 Å². The van der Waals surface area contributed by atoms with E-state index in [-0.39, 0.29) is 11.7 Å². The smallest absolute Gasteiger partial charge is 0.230 e. The molecular weight excluding hydrogens is 372 g/mol. The fourth-order valence-electron chi connectivity index (χ4n) is 1.84. The lowest BCUT2D eigenvalue weighted by Crippen LogP contribution is -2.25. The predicted molar refractivity (Wildman–Crippen MR) is 97.5 cm³/mol. The zero-order valence-corrected chi connectivity index (χ0v) is 15.1. The zero-order chi connectivity index (χ0) is 17.4. The van der Waals surface area contributed by atoms with Crippen LogP contribution in [-0.4, -0.2) is 24.0 Å². The number of hydrogen-bond acceptors (Lipinski definition) is 3. The first kappa shape index (κ1) is 18.9. The van der Waals surface area contributed by atoms with E-state index in [0.29, 0.717) is 40.5 Å². The lowest BCUT2D eigenvalue weighted by Gasteiger charge is -2.09. The second kappa shape index (κ2) is 9.77. The lowest BCUT2D eigenvalue weighted by molar-refractivity contribution is -0.118. The standard InChI is InChI=1S/C17H16Cl2FNO2S/c18-14-2-1-3-15(19)17(14)23-8-9-24-11-16(22)21-10-12-4-6-13(20)7-5-12/h1-7H,8-11H2,(H,21,22). The van der Waals surface area contributed by atoms with E-state index < -0.39 is 0 Å². The van der Waals surface area contributed by atoms with E-state index in [1.54, 1.807) is 30.3 Å². The van der Waals surface area contributed by atoms with Gasteiger partial charge in [-0.1, -0.05) is 41.4 Å². The summed E-state index contributed by atoms with van der Waals surface area (Å²) in [6.07, 6.45) is 0. The molecule has 0 atom stereocenters. The van der Waals surface area contributed by atoms with Crippen LogP contribution in [0, 0.1) is 5.82 Å². The highest BCUT2D eigenvalue weighted by Crippen LogP contribution is 2.32. The van der Waals surface area contributed by atoms with Gasteiger partial charge in [0.1, 0.15) is 5.82 Å². The Hall–Kier alpha value is -1.43. The van der Waals surface area contributed by atoms with Crippen LogP contribution in [0.4, 0.5) is 4.39 Å². The summed E-state index contributed by atoms with van der Waals surface area (Å²) in [5, 5.41) is 3.71. The number of amides is 1. The van der Waals surface area contributed by atoms with E-state index in [1.807, 2.05) is 0 Å². The van der Waals surface area contributed by atoms with E-state index in [9.17, 15) is 9.18 Å². The van der Waals surface area contributed by atoms with Crippen molar-refractivity contribution in [3.05, 3.63) is 63.9 Å². The molecule has 0 aromatic heterocycles. The van der Waals surface area contributed by atoms with Gasteiger partial charge < -0.3 is 10.1 Å². The number of nitrogens with one attached hydrogen (secondary N) is 1. The second-order valence-electron chi connectivity index (χ2n) is 4.86. The molecular formula is C17H16Cl2FNO2S. The third-order valence-corrected chi connectivity index (χ3v) is 4.55. The predicted octanol–water partition coefficient (Wildman–Crippen LogP) is 4.56. The van der Waals surface area contributed by atoms with E-state index >= 15 is 0 Å². The van der Waals surface area contributed by atoms with Crippen molar-refractivity contribution < 1.29 is 13.9 Å². The zero-order valence-electron chi connectivity index (χ0n) is 12.7. The van der Waals surface area contributed by atoms with Crippen molar-refractivity contribution in [3.63, 3.8) is 0 Å². The highest BCUT2D eigenvalue weighted by atomic mass is 35.5. The molecule has 0 bridgehead atoms. The monoisotopic (exact) mass is 387 g/mol. The second-order valence-corrected chi connectivity index (χ2v) is 6.77. The number of carbonyl (C=O) groups is 1. The van der Waals surface area contributed by atoms with Gasteiger partial charge in [0.2, 0.25) is 5.91 Å². The fraction of sp³-hybridized carbons (Fsp3) is 0.235. The number of thioether (sulfide) groups is 1. The topological polar surface area (TPSA) is 38.3 Å². The number of benzene rings is 2. The molecule has 2 rings (SSSR count). The molecule has 0 spiro atoms. The SMILES string of the molecule is O=C(CSCCOc1c(Cl)cccc1Cl)NCc1ccc(F)cc1. The number of rotatable bonds is 8. The van der Waals surface area contributed by atoms with Crippen molar-refractivity contribution in [2.45, 2.75) is 6.54 Å². The lowest BCUT2D eigenvalue weighted by atomic mass is 10.2. The Morgan fingerprint density at radius 3 is 2.46 bits per heavy atom. The van der Waals surface area contributed by atoms with Crippen LogP contribution in [-0.2, 0) is 11.3 Å². The summed E-state index contributed by atoms with van der Waals surface area (Å²) in [5.74, 6) is 1.04. The fourth-order valence-corrected chi connectivity index (χ4v) is 2.98. The minimum Gasteiger partial charge on any atom is -0.490 e. The Labute approximate surface area is 154 Å². The summed E-state index contributed by atoms with van der Waals surface area (Å²) in [7, 11) is 0. The molecule has 1 N–H and O–H groups in total. The molecule has 0 heterocycles. The molecule has 7 heteroatoms. The van der Waals surface area contributed by atoms with Crippen molar-refractivity contribution >= 4 is 40.9 Å². The molecule has 24 heavy (non-hydrogen) atoms. The van der Waals surface area contributed by atoms with E-state index in [4.69, 9.17) is 27.9 Å². The molecule has 0 aliphatic heterocycles. The van der Waals surface area contributed by atoms with Gasteiger partial charge in [-0.25, -0.2) is 4.39 Å². The quantitative estimate of drug-likeness (QED) is 0.674. The summed E-state index contributed by atoms with van der Waals surface area (Å²) in [4.78, 5) is 11.7. The number of carbonyl (C=O) groups excluding carboxylic acids is 1. The van der Waals surface area contributed by atoms with Crippen molar-refractivity contribution in [2.75, 3.05) is 18.1 Å². The van der Waals surface area contributed by atoms with Crippen LogP contribution < -0.4 is 10.1 Å². The maximum Gasteiger partial charge on any atom is 0.230 e. The molecule has 0 aliphatic carbocycles. The molecule has 3 nitrogen and oxygen atoms in total. The maximum absolute atomic E-state index is 12.8. The van der Waals surface area contributed by atoms with E-state index in [0.717, 1.165) is 5.56 Å². The van der Waals surface area contributed by atoms with Crippen LogP contribution in [0.3, 0.4) is 0 Å². The van der Waals surface area contributed by atoms with Gasteiger partial charge in [0.05, 0.1) is 22.4 Å². The minimum absolute atomic E-state index is 0.0832. The molecule has 0 radical (unpaired) electrons. The highest BCUT2D eigenvalue weighted by molar-refractivity contribution is 7.99. The Bertz CT molecular complexity index is 663. The highest BCUT2D eigenvalue weighted by Gasteiger charge is 2.07. The summed E-state index contributed by atoms with van der Waals surface area (Å²) in [5.41, 5.74) is 0.853. The van der Waals surface area contributed by atoms with Gasteiger partial charge in [0, 0.05) is 12.3 Å². The molecule has 0 unspecified atom stereocenters. The normalized spacial score (nSPS) is 10.5. The van der Waals surface area contributed by atoms with Gasteiger partial charge in [-0.15, -0.1) is 11.8 Å². The third-order valence-electron chi connectivity index (χ3n) is 3.03.